The van der Waals surface area contributed by atoms with Gasteiger partial charge in [-0.1, -0.05) is 37.6 Å². The van der Waals surface area contributed by atoms with Crippen molar-refractivity contribution in [3.8, 4) is 0 Å². The molecule has 0 spiro atoms. The molecule has 160 valence electrons. The second-order valence-electron chi connectivity index (χ2n) is 7.82. The molecule has 0 atom stereocenters. The molecule has 2 heterocycles. The summed E-state index contributed by atoms with van der Waals surface area (Å²) in [5.41, 5.74) is 2.64. The summed E-state index contributed by atoms with van der Waals surface area (Å²) in [7, 11) is 0. The number of amides is 1. The average Bonchev–Trinajstić information content (AvgIpc) is 3.13. The number of aryl methyl sites for hydroxylation is 2. The zero-order valence-electron chi connectivity index (χ0n) is 17.9. The van der Waals surface area contributed by atoms with Gasteiger partial charge in [-0.3, -0.25) is 18.7 Å². The van der Waals surface area contributed by atoms with Crippen LogP contribution in [0.5, 0.6) is 0 Å². The quantitative estimate of drug-likeness (QED) is 0.512. The summed E-state index contributed by atoms with van der Waals surface area (Å²) >= 11 is 0. The highest BCUT2D eigenvalue weighted by Gasteiger charge is 2.21. The number of rotatable bonds is 6. The predicted octanol–water partition coefficient (Wildman–Crippen LogP) is 3.97. The van der Waals surface area contributed by atoms with Crippen LogP contribution in [0.1, 0.15) is 30.9 Å². The number of hydrogen-bond donors (Lipinski definition) is 1. The number of nitrogens with zero attached hydrogens (tertiary/aromatic N) is 2. The topological polar surface area (TPSA) is 86.2 Å². The van der Waals surface area contributed by atoms with E-state index in [0.717, 1.165) is 17.5 Å². The van der Waals surface area contributed by atoms with E-state index in [1.165, 1.54) is 9.13 Å². The lowest BCUT2D eigenvalue weighted by molar-refractivity contribution is -0.116. The Kier molecular flexibility index (Phi) is 5.50. The van der Waals surface area contributed by atoms with Crippen LogP contribution in [0, 0.1) is 13.8 Å². The molecule has 0 radical (unpaired) electrons. The van der Waals surface area contributed by atoms with Crippen molar-refractivity contribution in [3.63, 3.8) is 0 Å². The highest BCUT2D eigenvalue weighted by atomic mass is 16.3. The summed E-state index contributed by atoms with van der Waals surface area (Å²) in [4.78, 5) is 39.2. The molecule has 0 aliphatic rings. The summed E-state index contributed by atoms with van der Waals surface area (Å²) < 4.78 is 8.32. The third-order valence-corrected chi connectivity index (χ3v) is 5.44. The lowest BCUT2D eigenvalue weighted by atomic mass is 10.1. The molecular formula is C24H25N3O4. The molecule has 0 aliphatic heterocycles. The molecule has 0 aliphatic carbocycles. The van der Waals surface area contributed by atoms with Gasteiger partial charge >= 0.3 is 5.69 Å². The van der Waals surface area contributed by atoms with Gasteiger partial charge in [0, 0.05) is 17.6 Å². The van der Waals surface area contributed by atoms with Crippen LogP contribution in [0.2, 0.25) is 0 Å². The SMILES string of the molecule is CCCCn1c(=O)c2oc3ccccc3c2n(CC(=O)Nc2cc(C)ccc2C)c1=O. The normalized spacial score (nSPS) is 11.3. The minimum Gasteiger partial charge on any atom is -0.449 e. The van der Waals surface area contributed by atoms with Gasteiger partial charge in [0.15, 0.2) is 0 Å². The van der Waals surface area contributed by atoms with E-state index in [1.54, 1.807) is 18.2 Å². The Morgan fingerprint density at radius 2 is 1.84 bits per heavy atom. The molecule has 1 N–H and O–H groups in total. The largest absolute Gasteiger partial charge is 0.449 e. The Morgan fingerprint density at radius 3 is 2.61 bits per heavy atom. The van der Waals surface area contributed by atoms with Crippen LogP contribution in [-0.4, -0.2) is 15.0 Å². The van der Waals surface area contributed by atoms with Crippen LogP contribution >= 0.6 is 0 Å². The zero-order chi connectivity index (χ0) is 22.1. The molecule has 0 saturated heterocycles. The smallest absolute Gasteiger partial charge is 0.332 e. The standard InChI is InChI=1S/C24H25N3O4/c1-4-5-12-26-23(29)22-21(17-8-6-7-9-19(17)31-22)27(24(26)30)14-20(28)25-18-13-15(2)10-11-16(18)3/h6-11,13H,4-5,12,14H2,1-3H3,(H,25,28). The van der Waals surface area contributed by atoms with Crippen molar-refractivity contribution < 1.29 is 9.21 Å². The first-order chi connectivity index (χ1) is 14.9. The molecule has 7 nitrogen and oxygen atoms in total. The van der Waals surface area contributed by atoms with Crippen molar-refractivity contribution in [3.05, 3.63) is 74.4 Å². The Bertz CT molecular complexity index is 1410. The van der Waals surface area contributed by atoms with Crippen molar-refractivity contribution in [2.45, 2.75) is 46.7 Å². The molecule has 4 rings (SSSR count). The number of hydrogen-bond acceptors (Lipinski definition) is 4. The molecule has 0 fully saturated rings. The number of aromatic nitrogens is 2. The fourth-order valence-corrected chi connectivity index (χ4v) is 3.76. The van der Waals surface area contributed by atoms with Gasteiger partial charge in [-0.05, 0) is 49.6 Å². The summed E-state index contributed by atoms with van der Waals surface area (Å²) in [5.74, 6) is -0.344. The van der Waals surface area contributed by atoms with E-state index in [0.29, 0.717) is 28.6 Å². The maximum atomic E-state index is 13.3. The van der Waals surface area contributed by atoms with E-state index in [-0.39, 0.29) is 24.6 Å². The van der Waals surface area contributed by atoms with E-state index >= 15 is 0 Å². The zero-order valence-corrected chi connectivity index (χ0v) is 17.9. The average molecular weight is 419 g/mol. The van der Waals surface area contributed by atoms with E-state index in [4.69, 9.17) is 4.42 Å². The second-order valence-corrected chi connectivity index (χ2v) is 7.82. The first kappa shape index (κ1) is 20.7. The first-order valence-electron chi connectivity index (χ1n) is 10.4. The number of anilines is 1. The van der Waals surface area contributed by atoms with Gasteiger partial charge in [-0.15, -0.1) is 0 Å². The monoisotopic (exact) mass is 419 g/mol. The summed E-state index contributed by atoms with van der Waals surface area (Å²) in [6.45, 7) is 5.90. The van der Waals surface area contributed by atoms with Gasteiger partial charge in [0.1, 0.15) is 17.6 Å². The number of benzene rings is 2. The summed E-state index contributed by atoms with van der Waals surface area (Å²) in [5, 5.41) is 3.53. The van der Waals surface area contributed by atoms with E-state index < -0.39 is 11.2 Å². The Hall–Kier alpha value is -3.61. The van der Waals surface area contributed by atoms with Gasteiger partial charge in [0.05, 0.1) is 0 Å². The molecule has 4 aromatic rings. The van der Waals surface area contributed by atoms with Gasteiger partial charge in [0.2, 0.25) is 11.5 Å². The van der Waals surface area contributed by atoms with Gasteiger partial charge < -0.3 is 9.73 Å². The van der Waals surface area contributed by atoms with Gasteiger partial charge in [0.25, 0.3) is 5.56 Å². The second kappa shape index (κ2) is 8.26. The highest BCUT2D eigenvalue weighted by Crippen LogP contribution is 2.25. The number of fused-ring (bicyclic) bond motifs is 3. The molecule has 0 unspecified atom stereocenters. The molecule has 7 heteroatoms. The number of unbranched alkanes of at least 4 members (excludes halogenated alkanes) is 1. The summed E-state index contributed by atoms with van der Waals surface area (Å²) in [6.07, 6.45) is 1.51. The molecule has 31 heavy (non-hydrogen) atoms. The highest BCUT2D eigenvalue weighted by molar-refractivity contribution is 6.03. The lowest BCUT2D eigenvalue weighted by Gasteiger charge is -2.13. The third kappa shape index (κ3) is 3.79. The minimum absolute atomic E-state index is 0.0939. The molecule has 1 amide bonds. The molecule has 0 bridgehead atoms. The Morgan fingerprint density at radius 1 is 1.06 bits per heavy atom. The van der Waals surface area contributed by atoms with Gasteiger partial charge in [-0.25, -0.2) is 4.79 Å². The van der Waals surface area contributed by atoms with Crippen LogP contribution in [0.3, 0.4) is 0 Å². The number of carbonyl (C=O) groups is 1. The number of nitrogens with one attached hydrogen (secondary N) is 1. The maximum absolute atomic E-state index is 13.3. The molecule has 2 aromatic carbocycles. The van der Waals surface area contributed by atoms with Crippen molar-refractivity contribution in [2.75, 3.05) is 5.32 Å². The lowest BCUT2D eigenvalue weighted by Crippen LogP contribution is -2.41. The number of para-hydroxylation sites is 1. The van der Waals surface area contributed by atoms with Crippen LogP contribution in [0.4, 0.5) is 5.69 Å². The fourth-order valence-electron chi connectivity index (χ4n) is 3.76. The number of furan rings is 1. The van der Waals surface area contributed by atoms with E-state index in [9.17, 15) is 14.4 Å². The maximum Gasteiger partial charge on any atom is 0.332 e. The molecule has 2 aromatic heterocycles. The van der Waals surface area contributed by atoms with Crippen LogP contribution in [-0.2, 0) is 17.9 Å². The van der Waals surface area contributed by atoms with E-state index in [1.807, 2.05) is 45.0 Å². The Balaban J connectivity index is 1.85. The van der Waals surface area contributed by atoms with Crippen molar-refractivity contribution in [1.29, 1.82) is 0 Å². The van der Waals surface area contributed by atoms with Gasteiger partial charge in [-0.2, -0.15) is 0 Å². The van der Waals surface area contributed by atoms with Crippen molar-refractivity contribution >= 4 is 33.7 Å². The van der Waals surface area contributed by atoms with Crippen molar-refractivity contribution in [1.82, 2.24) is 9.13 Å². The Labute approximate surface area is 178 Å². The molecular weight excluding hydrogens is 394 g/mol. The predicted molar refractivity (Wildman–Crippen MR) is 122 cm³/mol. The van der Waals surface area contributed by atoms with E-state index in [2.05, 4.69) is 5.32 Å². The minimum atomic E-state index is -0.506. The fraction of sp³-hybridized carbons (Fsp3) is 0.292. The molecule has 0 saturated carbocycles. The number of carbonyl (C=O) groups excluding carboxylic acids is 1. The van der Waals surface area contributed by atoms with Crippen LogP contribution in [0.25, 0.3) is 22.1 Å². The summed E-state index contributed by atoms with van der Waals surface area (Å²) in [6, 6.07) is 12.9. The van der Waals surface area contributed by atoms with Crippen LogP contribution < -0.4 is 16.6 Å². The third-order valence-electron chi connectivity index (χ3n) is 5.44. The van der Waals surface area contributed by atoms with Crippen molar-refractivity contribution in [2.24, 2.45) is 0 Å². The van der Waals surface area contributed by atoms with Crippen LogP contribution in [0.15, 0.2) is 56.5 Å². The first-order valence-corrected chi connectivity index (χ1v) is 10.4.